The van der Waals surface area contributed by atoms with E-state index in [0.717, 1.165) is 18.2 Å². The quantitative estimate of drug-likeness (QED) is 0.674. The molecule has 1 fully saturated rings. The molecule has 3 rings (SSSR count). The third-order valence-corrected chi connectivity index (χ3v) is 5.98. The van der Waals surface area contributed by atoms with Gasteiger partial charge in [-0.15, -0.1) is 0 Å². The van der Waals surface area contributed by atoms with Gasteiger partial charge in [0.25, 0.3) is 5.91 Å². The number of hydrogen-bond acceptors (Lipinski definition) is 5. The second-order valence-corrected chi connectivity index (χ2v) is 8.55. The average molecular weight is 470 g/mol. The Labute approximate surface area is 190 Å². The molecule has 1 aromatic rings. The van der Waals surface area contributed by atoms with E-state index in [9.17, 15) is 27.6 Å². The minimum absolute atomic E-state index is 0.00666. The molecule has 0 radical (unpaired) electrons. The molecule has 0 bridgehead atoms. The van der Waals surface area contributed by atoms with Crippen LogP contribution < -0.4 is 10.1 Å². The molecule has 2 aliphatic heterocycles. The highest BCUT2D eigenvalue weighted by Gasteiger charge is 2.35. The Hall–Kier alpha value is -2.82. The molecular weight excluding hydrogens is 441 g/mol. The summed E-state index contributed by atoms with van der Waals surface area (Å²) in [4.78, 5) is 42.9. The molecule has 0 unspecified atom stereocenters. The molecular formula is C22H29F3N4O4. The number of halogens is 3. The highest BCUT2D eigenvalue weighted by Crippen LogP contribution is 2.33. The van der Waals surface area contributed by atoms with Crippen LogP contribution in [0.15, 0.2) is 18.2 Å². The van der Waals surface area contributed by atoms with Crippen LogP contribution in [0.2, 0.25) is 0 Å². The van der Waals surface area contributed by atoms with Crippen molar-refractivity contribution >= 4 is 17.7 Å². The summed E-state index contributed by atoms with van der Waals surface area (Å²) in [6, 6.07) is 2.26. The second kappa shape index (κ2) is 9.98. The zero-order valence-electron chi connectivity index (χ0n) is 18.9. The molecule has 1 N–H and O–H groups in total. The number of hydrogen-bond donors (Lipinski definition) is 1. The number of piperazine rings is 1. The van der Waals surface area contributed by atoms with Crippen molar-refractivity contribution in [3.8, 4) is 5.75 Å². The summed E-state index contributed by atoms with van der Waals surface area (Å²) >= 11 is 0. The van der Waals surface area contributed by atoms with E-state index >= 15 is 0 Å². The Kier molecular flexibility index (Phi) is 7.51. The van der Waals surface area contributed by atoms with Crippen LogP contribution in [0.5, 0.6) is 5.75 Å². The molecule has 0 aromatic heterocycles. The second-order valence-electron chi connectivity index (χ2n) is 8.55. The summed E-state index contributed by atoms with van der Waals surface area (Å²) in [5.74, 6) is -0.953. The summed E-state index contributed by atoms with van der Waals surface area (Å²) in [6.45, 7) is 6.81. The molecule has 2 aliphatic rings. The number of rotatable bonds is 1. The first-order valence-corrected chi connectivity index (χ1v) is 10.9. The monoisotopic (exact) mass is 470 g/mol. The van der Waals surface area contributed by atoms with Gasteiger partial charge in [-0.1, -0.05) is 0 Å². The van der Waals surface area contributed by atoms with Gasteiger partial charge in [0.2, 0.25) is 11.8 Å². The van der Waals surface area contributed by atoms with Gasteiger partial charge in [-0.2, -0.15) is 13.2 Å². The van der Waals surface area contributed by atoms with E-state index in [4.69, 9.17) is 4.74 Å². The van der Waals surface area contributed by atoms with Crippen LogP contribution in [0.4, 0.5) is 13.2 Å². The van der Waals surface area contributed by atoms with Crippen molar-refractivity contribution in [3.05, 3.63) is 29.3 Å². The standard InChI is InChI=1S/C22H29F3N4O4/c1-14(2)27-7-6-26-21(32)18-10-16(22(23,24)25)4-5-19(18)33-13-17-11-28(15(3)30)8-9-29(17)20(31)12-27/h4-5,10,14,17H,6-9,11-13H2,1-3H3,(H,26,32)/t17-/m0/s1. The van der Waals surface area contributed by atoms with Crippen LogP contribution in [0.1, 0.15) is 36.7 Å². The fraction of sp³-hybridized carbons (Fsp3) is 0.591. The van der Waals surface area contributed by atoms with Gasteiger partial charge in [-0.3, -0.25) is 19.3 Å². The van der Waals surface area contributed by atoms with Crippen molar-refractivity contribution in [3.63, 3.8) is 0 Å². The van der Waals surface area contributed by atoms with Gasteiger partial charge in [0.1, 0.15) is 12.4 Å². The molecule has 1 atom stereocenters. The van der Waals surface area contributed by atoms with Gasteiger partial charge in [-0.25, -0.2) is 0 Å². The number of carbonyl (C=O) groups excluding carboxylic acids is 3. The minimum Gasteiger partial charge on any atom is -0.491 e. The van der Waals surface area contributed by atoms with E-state index in [2.05, 4.69) is 5.32 Å². The number of nitrogens with one attached hydrogen (secondary N) is 1. The Morgan fingerprint density at radius 2 is 1.91 bits per heavy atom. The van der Waals surface area contributed by atoms with Crippen molar-refractivity contribution in [2.45, 2.75) is 39.0 Å². The average Bonchev–Trinajstić information content (AvgIpc) is 2.75. The first-order chi connectivity index (χ1) is 15.5. The molecule has 0 aliphatic carbocycles. The molecule has 8 nitrogen and oxygen atoms in total. The normalized spacial score (nSPS) is 21.2. The van der Waals surface area contributed by atoms with Crippen molar-refractivity contribution in [1.82, 2.24) is 20.0 Å². The molecule has 33 heavy (non-hydrogen) atoms. The zero-order valence-corrected chi connectivity index (χ0v) is 18.9. The highest BCUT2D eigenvalue weighted by atomic mass is 19.4. The van der Waals surface area contributed by atoms with Crippen LogP contribution in [-0.4, -0.2) is 90.4 Å². The van der Waals surface area contributed by atoms with Gasteiger partial charge in [0, 0.05) is 45.7 Å². The Bertz CT molecular complexity index is 906. The van der Waals surface area contributed by atoms with Crippen molar-refractivity contribution < 1.29 is 32.3 Å². The lowest BCUT2D eigenvalue weighted by atomic mass is 10.1. The van der Waals surface area contributed by atoms with Crippen molar-refractivity contribution in [2.24, 2.45) is 0 Å². The van der Waals surface area contributed by atoms with E-state index in [1.165, 1.54) is 6.92 Å². The lowest BCUT2D eigenvalue weighted by molar-refractivity contribution is -0.144. The number of carbonyl (C=O) groups is 3. The molecule has 11 heteroatoms. The third kappa shape index (κ3) is 5.95. The first-order valence-electron chi connectivity index (χ1n) is 10.9. The Morgan fingerprint density at radius 1 is 1.18 bits per heavy atom. The largest absolute Gasteiger partial charge is 0.491 e. The molecule has 0 saturated carbocycles. The van der Waals surface area contributed by atoms with E-state index in [1.807, 2.05) is 18.7 Å². The Morgan fingerprint density at radius 3 is 2.55 bits per heavy atom. The fourth-order valence-electron chi connectivity index (χ4n) is 4.00. The highest BCUT2D eigenvalue weighted by molar-refractivity contribution is 5.97. The third-order valence-electron chi connectivity index (χ3n) is 5.98. The maximum atomic E-state index is 13.2. The van der Waals surface area contributed by atoms with Crippen LogP contribution in [0, 0.1) is 0 Å². The number of fused-ring (bicyclic) bond motifs is 2. The van der Waals surface area contributed by atoms with E-state index in [-0.39, 0.29) is 55.4 Å². The lowest BCUT2D eigenvalue weighted by Gasteiger charge is -2.42. The number of alkyl halides is 3. The molecule has 2 heterocycles. The molecule has 182 valence electrons. The van der Waals surface area contributed by atoms with E-state index < -0.39 is 23.7 Å². The topological polar surface area (TPSA) is 82.2 Å². The molecule has 1 saturated heterocycles. The van der Waals surface area contributed by atoms with Crippen LogP contribution in [0.25, 0.3) is 0 Å². The van der Waals surface area contributed by atoms with Crippen molar-refractivity contribution in [1.29, 1.82) is 0 Å². The number of ether oxygens (including phenoxy) is 1. The maximum absolute atomic E-state index is 13.2. The minimum atomic E-state index is -4.61. The lowest BCUT2D eigenvalue weighted by Crippen LogP contribution is -2.60. The van der Waals surface area contributed by atoms with Crippen LogP contribution >= 0.6 is 0 Å². The van der Waals surface area contributed by atoms with E-state index in [1.54, 1.807) is 9.80 Å². The van der Waals surface area contributed by atoms with Gasteiger partial charge in [0.05, 0.1) is 23.7 Å². The molecule has 1 aromatic carbocycles. The van der Waals surface area contributed by atoms with Gasteiger partial charge >= 0.3 is 6.18 Å². The SMILES string of the molecule is CC(=O)N1CCN2C(=O)CN(C(C)C)CCNC(=O)c3cc(C(F)(F)F)ccc3OC[C@@H]2C1. The first kappa shape index (κ1) is 24.8. The van der Waals surface area contributed by atoms with Crippen molar-refractivity contribution in [2.75, 3.05) is 45.9 Å². The summed E-state index contributed by atoms with van der Waals surface area (Å²) in [7, 11) is 0. The van der Waals surface area contributed by atoms with Gasteiger partial charge in [0.15, 0.2) is 0 Å². The summed E-state index contributed by atoms with van der Waals surface area (Å²) in [6.07, 6.45) is -4.61. The summed E-state index contributed by atoms with van der Waals surface area (Å²) in [5, 5.41) is 2.63. The van der Waals surface area contributed by atoms with E-state index in [0.29, 0.717) is 19.6 Å². The maximum Gasteiger partial charge on any atom is 0.416 e. The van der Waals surface area contributed by atoms with Gasteiger partial charge < -0.3 is 19.9 Å². The smallest absolute Gasteiger partial charge is 0.416 e. The zero-order chi connectivity index (χ0) is 24.3. The summed E-state index contributed by atoms with van der Waals surface area (Å²) in [5.41, 5.74) is -1.18. The predicted octanol–water partition coefficient (Wildman–Crippen LogP) is 1.60. The molecule has 3 amide bonds. The molecule has 0 spiro atoms. The predicted molar refractivity (Wildman–Crippen MR) is 114 cm³/mol. The van der Waals surface area contributed by atoms with Crippen LogP contribution in [-0.2, 0) is 15.8 Å². The number of amides is 3. The van der Waals surface area contributed by atoms with Gasteiger partial charge in [-0.05, 0) is 32.0 Å². The fourth-order valence-corrected chi connectivity index (χ4v) is 4.00. The Balaban J connectivity index is 1.96. The van der Waals surface area contributed by atoms with Crippen LogP contribution in [0.3, 0.4) is 0 Å². The number of nitrogens with zero attached hydrogens (tertiary/aromatic N) is 3. The summed E-state index contributed by atoms with van der Waals surface area (Å²) < 4.78 is 45.5. The number of benzene rings is 1.